The van der Waals surface area contributed by atoms with Crippen molar-refractivity contribution in [3.63, 3.8) is 0 Å². The van der Waals surface area contributed by atoms with E-state index in [1.807, 2.05) is 32.8 Å². The van der Waals surface area contributed by atoms with Crippen LogP contribution in [0.1, 0.15) is 37.0 Å². The van der Waals surface area contributed by atoms with E-state index in [1.165, 1.54) is 6.26 Å². The zero-order chi connectivity index (χ0) is 11.5. The molecule has 0 aliphatic heterocycles. The van der Waals surface area contributed by atoms with Crippen molar-refractivity contribution in [3.05, 3.63) is 24.2 Å². The summed E-state index contributed by atoms with van der Waals surface area (Å²) in [6.45, 7) is 4.09. The molecular weight excluding hydrogens is 190 g/mol. The highest BCUT2D eigenvalue weighted by molar-refractivity contribution is 6.02. The van der Waals surface area contributed by atoms with E-state index in [1.54, 1.807) is 12.3 Å². The van der Waals surface area contributed by atoms with Crippen LogP contribution >= 0.6 is 0 Å². The normalized spacial score (nSPS) is 12.1. The van der Waals surface area contributed by atoms with E-state index in [-0.39, 0.29) is 5.78 Å². The Balaban J connectivity index is 3.05. The van der Waals surface area contributed by atoms with E-state index in [0.29, 0.717) is 5.56 Å². The summed E-state index contributed by atoms with van der Waals surface area (Å²) in [6.07, 6.45) is 4.67. The summed E-state index contributed by atoms with van der Waals surface area (Å²) in [4.78, 5) is 14.3. The monoisotopic (exact) mass is 209 g/mol. The van der Waals surface area contributed by atoms with Crippen molar-refractivity contribution in [2.24, 2.45) is 0 Å². The van der Waals surface area contributed by atoms with Gasteiger partial charge in [-0.05, 0) is 33.0 Å². The van der Waals surface area contributed by atoms with Gasteiger partial charge in [0.15, 0.2) is 5.78 Å². The molecule has 0 unspecified atom stereocenters. The van der Waals surface area contributed by atoms with Gasteiger partial charge in [-0.1, -0.05) is 13.8 Å². The molecule has 0 amide bonds. The van der Waals surface area contributed by atoms with Gasteiger partial charge in [-0.25, -0.2) is 0 Å². The molecule has 84 valence electrons. The van der Waals surface area contributed by atoms with Crippen LogP contribution in [0.5, 0.6) is 0 Å². The number of nitrogens with zero attached hydrogens (tertiary/aromatic N) is 1. The first-order valence-corrected chi connectivity index (χ1v) is 5.33. The van der Waals surface area contributed by atoms with E-state index in [4.69, 9.17) is 4.42 Å². The molecular formula is C12H19NO2. The Bertz CT molecular complexity index is 310. The second-order valence-electron chi connectivity index (χ2n) is 3.97. The molecule has 0 spiro atoms. The molecule has 0 aliphatic rings. The first-order valence-electron chi connectivity index (χ1n) is 5.33. The number of hydrogen-bond donors (Lipinski definition) is 0. The average molecular weight is 209 g/mol. The molecule has 0 atom stereocenters. The van der Waals surface area contributed by atoms with Crippen LogP contribution < -0.4 is 0 Å². The van der Waals surface area contributed by atoms with Gasteiger partial charge in [-0.2, -0.15) is 0 Å². The van der Waals surface area contributed by atoms with Crippen LogP contribution in [0.4, 0.5) is 0 Å². The van der Waals surface area contributed by atoms with Gasteiger partial charge in [0.2, 0.25) is 0 Å². The molecule has 0 fully saturated rings. The first kappa shape index (κ1) is 12.0. The van der Waals surface area contributed by atoms with Crippen LogP contribution in [-0.2, 0) is 0 Å². The quantitative estimate of drug-likeness (QED) is 0.699. The minimum Gasteiger partial charge on any atom is -0.472 e. The molecule has 0 aliphatic carbocycles. The lowest BCUT2D eigenvalue weighted by Crippen LogP contribution is -2.50. The number of rotatable bonds is 5. The van der Waals surface area contributed by atoms with Gasteiger partial charge >= 0.3 is 0 Å². The van der Waals surface area contributed by atoms with Crippen molar-refractivity contribution in [2.45, 2.75) is 32.2 Å². The molecule has 0 N–H and O–H groups in total. The molecule has 1 aromatic heterocycles. The summed E-state index contributed by atoms with van der Waals surface area (Å²) in [5.41, 5.74) is 0.261. The molecule has 15 heavy (non-hydrogen) atoms. The van der Waals surface area contributed by atoms with Gasteiger partial charge in [0, 0.05) is 0 Å². The largest absolute Gasteiger partial charge is 0.472 e. The predicted octanol–water partition coefficient (Wildman–Crippen LogP) is 2.58. The second kappa shape index (κ2) is 4.62. The zero-order valence-electron chi connectivity index (χ0n) is 9.91. The summed E-state index contributed by atoms with van der Waals surface area (Å²) in [5.74, 6) is 0.145. The topological polar surface area (TPSA) is 33.5 Å². The number of ketones is 1. The zero-order valence-corrected chi connectivity index (χ0v) is 9.91. The second-order valence-corrected chi connectivity index (χ2v) is 3.97. The maximum Gasteiger partial charge on any atom is 0.186 e. The molecule has 0 bridgehead atoms. The lowest BCUT2D eigenvalue weighted by atomic mass is 9.84. The lowest BCUT2D eigenvalue weighted by molar-refractivity contribution is 0.0655. The van der Waals surface area contributed by atoms with Gasteiger partial charge in [0.25, 0.3) is 0 Å². The fourth-order valence-corrected chi connectivity index (χ4v) is 2.07. The molecule has 3 heteroatoms. The Hall–Kier alpha value is -1.09. The van der Waals surface area contributed by atoms with Gasteiger partial charge in [-0.3, -0.25) is 9.69 Å². The molecule has 0 saturated heterocycles. The Kier molecular flexibility index (Phi) is 3.69. The van der Waals surface area contributed by atoms with Crippen molar-refractivity contribution >= 4 is 5.78 Å². The van der Waals surface area contributed by atoms with Crippen LogP contribution in [-0.4, -0.2) is 30.3 Å². The fourth-order valence-electron chi connectivity index (χ4n) is 2.07. The van der Waals surface area contributed by atoms with Gasteiger partial charge in [0.1, 0.15) is 6.26 Å². The average Bonchev–Trinajstić information content (AvgIpc) is 2.72. The predicted molar refractivity (Wildman–Crippen MR) is 60.0 cm³/mol. The smallest absolute Gasteiger partial charge is 0.186 e. The summed E-state index contributed by atoms with van der Waals surface area (Å²) < 4.78 is 4.96. The molecule has 1 rings (SSSR count). The standard InChI is InChI=1S/C12H19NO2/c1-5-12(6-2,13(3)4)11(14)10-7-8-15-9-10/h7-9H,5-6H2,1-4H3. The van der Waals surface area contributed by atoms with E-state index < -0.39 is 5.54 Å². The fraction of sp³-hybridized carbons (Fsp3) is 0.583. The third-order valence-electron chi connectivity index (χ3n) is 3.23. The van der Waals surface area contributed by atoms with Crippen molar-refractivity contribution < 1.29 is 9.21 Å². The minimum atomic E-state index is -0.399. The van der Waals surface area contributed by atoms with Crippen LogP contribution in [0.15, 0.2) is 23.0 Å². The van der Waals surface area contributed by atoms with Crippen LogP contribution in [0.2, 0.25) is 0 Å². The molecule has 0 radical (unpaired) electrons. The van der Waals surface area contributed by atoms with Crippen molar-refractivity contribution in [2.75, 3.05) is 14.1 Å². The summed E-state index contributed by atoms with van der Waals surface area (Å²) in [7, 11) is 3.90. The Morgan fingerprint density at radius 3 is 2.33 bits per heavy atom. The van der Waals surface area contributed by atoms with Crippen molar-refractivity contribution in [1.29, 1.82) is 0 Å². The first-order chi connectivity index (χ1) is 7.08. The lowest BCUT2D eigenvalue weighted by Gasteiger charge is -2.36. The van der Waals surface area contributed by atoms with E-state index in [9.17, 15) is 4.79 Å². The third kappa shape index (κ3) is 1.97. The molecule has 0 saturated carbocycles. The van der Waals surface area contributed by atoms with E-state index in [2.05, 4.69) is 0 Å². The minimum absolute atomic E-state index is 0.145. The number of furan rings is 1. The summed E-state index contributed by atoms with van der Waals surface area (Å²) >= 11 is 0. The summed E-state index contributed by atoms with van der Waals surface area (Å²) in [6, 6.07) is 1.73. The van der Waals surface area contributed by atoms with E-state index >= 15 is 0 Å². The van der Waals surface area contributed by atoms with Crippen LogP contribution in [0.25, 0.3) is 0 Å². The molecule has 1 aromatic rings. The van der Waals surface area contributed by atoms with Crippen LogP contribution in [0, 0.1) is 0 Å². The highest BCUT2D eigenvalue weighted by atomic mass is 16.3. The molecule has 3 nitrogen and oxygen atoms in total. The maximum absolute atomic E-state index is 12.3. The Morgan fingerprint density at radius 1 is 1.40 bits per heavy atom. The number of Topliss-reactive ketones (excluding diaryl/α,β-unsaturated/α-hetero) is 1. The van der Waals surface area contributed by atoms with Crippen molar-refractivity contribution in [1.82, 2.24) is 4.90 Å². The number of hydrogen-bond acceptors (Lipinski definition) is 3. The van der Waals surface area contributed by atoms with Gasteiger partial charge < -0.3 is 4.42 Å². The number of carbonyl (C=O) groups excluding carboxylic acids is 1. The maximum atomic E-state index is 12.3. The number of likely N-dealkylation sites (N-methyl/N-ethyl adjacent to an activating group) is 1. The molecule has 1 heterocycles. The molecule has 0 aromatic carbocycles. The summed E-state index contributed by atoms with van der Waals surface area (Å²) in [5, 5.41) is 0. The van der Waals surface area contributed by atoms with Crippen molar-refractivity contribution in [3.8, 4) is 0 Å². The highest BCUT2D eigenvalue weighted by Gasteiger charge is 2.37. The highest BCUT2D eigenvalue weighted by Crippen LogP contribution is 2.26. The van der Waals surface area contributed by atoms with Crippen LogP contribution in [0.3, 0.4) is 0 Å². The number of carbonyl (C=O) groups is 1. The third-order valence-corrected chi connectivity index (χ3v) is 3.23. The Morgan fingerprint density at radius 2 is 2.00 bits per heavy atom. The van der Waals surface area contributed by atoms with Gasteiger partial charge in [-0.15, -0.1) is 0 Å². The Labute approximate surface area is 91.1 Å². The SMILES string of the molecule is CCC(CC)(C(=O)c1ccoc1)N(C)C. The van der Waals surface area contributed by atoms with E-state index in [0.717, 1.165) is 12.8 Å². The van der Waals surface area contributed by atoms with Gasteiger partial charge in [0.05, 0.1) is 17.4 Å².